The summed E-state index contributed by atoms with van der Waals surface area (Å²) in [5.41, 5.74) is 3.14. The van der Waals surface area contributed by atoms with Crippen molar-refractivity contribution in [2.75, 3.05) is 0 Å². The maximum Gasteiger partial charge on any atom is 0.00299 e. The number of hydrogen-bond acceptors (Lipinski definition) is 0. The summed E-state index contributed by atoms with van der Waals surface area (Å²) >= 11 is 0. The highest BCUT2D eigenvalue weighted by molar-refractivity contribution is 5.47. The molecule has 0 aliphatic heterocycles. The molecule has 2 aliphatic carbocycles. The van der Waals surface area contributed by atoms with Crippen molar-refractivity contribution >= 4 is 0 Å². The lowest BCUT2D eigenvalue weighted by Gasteiger charge is -2.08. The Morgan fingerprint density at radius 1 is 0.765 bits per heavy atom. The van der Waals surface area contributed by atoms with Gasteiger partial charge in [-0.25, -0.2) is 0 Å². The van der Waals surface area contributed by atoms with E-state index in [2.05, 4.69) is 36.4 Å². The summed E-state index contributed by atoms with van der Waals surface area (Å²) in [6, 6.07) is 8.83. The molecular weight excluding hydrogens is 204 g/mol. The number of allylic oxidation sites excluding steroid dienone is 2. The topological polar surface area (TPSA) is 0 Å². The van der Waals surface area contributed by atoms with Crippen LogP contribution in [0.25, 0.3) is 0 Å². The van der Waals surface area contributed by atoms with E-state index in [0.29, 0.717) is 0 Å². The first-order chi connectivity index (χ1) is 6.45. The standard InChI is InChI=1S/C11H10.C2H6.4CH4/c1-2-4-11-9-6-5-8(7-9)10(11)3-1;1-2;;;;/h1-6,8-9H,7H2;1-2H3;4*1H4. The highest BCUT2D eigenvalue weighted by atomic mass is 14.3. The molecular formula is C17H32. The van der Waals surface area contributed by atoms with Crippen LogP contribution in [0.1, 0.15) is 72.9 Å². The molecule has 0 radical (unpaired) electrons. The van der Waals surface area contributed by atoms with Gasteiger partial charge in [0.1, 0.15) is 0 Å². The highest BCUT2D eigenvalue weighted by Crippen LogP contribution is 2.47. The second-order valence-electron chi connectivity index (χ2n) is 3.46. The summed E-state index contributed by atoms with van der Waals surface area (Å²) in [6.45, 7) is 4.00. The molecule has 2 unspecified atom stereocenters. The lowest BCUT2D eigenvalue weighted by Crippen LogP contribution is -1.90. The summed E-state index contributed by atoms with van der Waals surface area (Å²) in [5, 5.41) is 0. The van der Waals surface area contributed by atoms with Gasteiger partial charge in [-0.3, -0.25) is 0 Å². The van der Waals surface area contributed by atoms with Crippen LogP contribution in [-0.4, -0.2) is 0 Å². The monoisotopic (exact) mass is 236 g/mol. The van der Waals surface area contributed by atoms with Crippen LogP contribution in [0.3, 0.4) is 0 Å². The number of fused-ring (bicyclic) bond motifs is 5. The normalized spacial score (nSPS) is 20.4. The van der Waals surface area contributed by atoms with Crippen molar-refractivity contribution in [3.63, 3.8) is 0 Å². The molecule has 0 amide bonds. The molecule has 0 N–H and O–H groups in total. The van der Waals surface area contributed by atoms with Gasteiger partial charge in [0.2, 0.25) is 0 Å². The maximum atomic E-state index is 2.35. The van der Waals surface area contributed by atoms with E-state index in [1.54, 1.807) is 11.1 Å². The molecule has 2 aliphatic rings. The van der Waals surface area contributed by atoms with Gasteiger partial charge in [-0.1, -0.05) is 80.0 Å². The van der Waals surface area contributed by atoms with Crippen molar-refractivity contribution in [1.29, 1.82) is 0 Å². The van der Waals surface area contributed by atoms with Crippen LogP contribution < -0.4 is 0 Å². The van der Waals surface area contributed by atoms with Crippen molar-refractivity contribution < 1.29 is 0 Å². The Kier molecular flexibility index (Phi) is 11.3. The highest BCUT2D eigenvalue weighted by Gasteiger charge is 2.31. The summed E-state index contributed by atoms with van der Waals surface area (Å²) in [5.74, 6) is 1.49. The van der Waals surface area contributed by atoms with Crippen LogP contribution in [0.15, 0.2) is 36.4 Å². The first-order valence-electron chi connectivity index (χ1n) is 5.22. The number of rotatable bonds is 0. The average Bonchev–Trinajstić information content (AvgIpc) is 2.82. The molecule has 3 rings (SSSR count). The van der Waals surface area contributed by atoms with E-state index in [9.17, 15) is 0 Å². The molecule has 0 saturated heterocycles. The minimum absolute atomic E-state index is 0. The second-order valence-corrected chi connectivity index (χ2v) is 3.46. The number of hydrogen-bond donors (Lipinski definition) is 0. The van der Waals surface area contributed by atoms with Crippen LogP contribution in [0.5, 0.6) is 0 Å². The smallest absolute Gasteiger partial charge is 0.00299 e. The van der Waals surface area contributed by atoms with Gasteiger partial charge < -0.3 is 0 Å². The molecule has 0 heterocycles. The quantitative estimate of drug-likeness (QED) is 0.457. The Labute approximate surface area is 110 Å². The zero-order valence-electron chi connectivity index (χ0n) is 8.33. The van der Waals surface area contributed by atoms with Gasteiger partial charge in [0.25, 0.3) is 0 Å². The Morgan fingerprint density at radius 3 is 1.47 bits per heavy atom. The molecule has 1 aromatic carbocycles. The molecule has 1 aromatic rings. The Morgan fingerprint density at radius 2 is 1.12 bits per heavy atom. The third-order valence-electron chi connectivity index (χ3n) is 2.88. The summed E-state index contributed by atoms with van der Waals surface area (Å²) < 4.78 is 0. The molecule has 100 valence electrons. The van der Waals surface area contributed by atoms with E-state index < -0.39 is 0 Å². The summed E-state index contributed by atoms with van der Waals surface area (Å²) in [7, 11) is 0. The van der Waals surface area contributed by atoms with E-state index >= 15 is 0 Å². The zero-order valence-corrected chi connectivity index (χ0v) is 8.33. The summed E-state index contributed by atoms with van der Waals surface area (Å²) in [4.78, 5) is 0. The van der Waals surface area contributed by atoms with Crippen molar-refractivity contribution in [1.82, 2.24) is 0 Å². The lowest BCUT2D eigenvalue weighted by molar-refractivity contribution is 0.804. The first kappa shape index (κ1) is 21.3. The van der Waals surface area contributed by atoms with Crippen molar-refractivity contribution in [2.45, 2.75) is 61.8 Å². The van der Waals surface area contributed by atoms with Gasteiger partial charge in [-0.15, -0.1) is 0 Å². The van der Waals surface area contributed by atoms with Gasteiger partial charge in [0.15, 0.2) is 0 Å². The maximum absolute atomic E-state index is 2.35. The largest absolute Gasteiger partial charge is 0.0804 e. The van der Waals surface area contributed by atoms with E-state index in [4.69, 9.17) is 0 Å². The van der Waals surface area contributed by atoms with E-state index in [1.165, 1.54) is 6.42 Å². The lowest BCUT2D eigenvalue weighted by atomic mass is 9.97. The van der Waals surface area contributed by atoms with Crippen LogP contribution in [0.2, 0.25) is 0 Å². The minimum atomic E-state index is 0. The summed E-state index contributed by atoms with van der Waals surface area (Å²) in [6.07, 6.45) is 6.04. The fraction of sp³-hybridized carbons (Fsp3) is 0.529. The fourth-order valence-corrected chi connectivity index (χ4v) is 2.35. The van der Waals surface area contributed by atoms with Crippen molar-refractivity contribution in [3.05, 3.63) is 47.5 Å². The molecule has 0 heteroatoms. The van der Waals surface area contributed by atoms with E-state index in [-0.39, 0.29) is 29.7 Å². The average molecular weight is 236 g/mol. The van der Waals surface area contributed by atoms with Gasteiger partial charge in [-0.05, 0) is 17.5 Å². The van der Waals surface area contributed by atoms with E-state index in [0.717, 1.165) is 11.8 Å². The van der Waals surface area contributed by atoms with Crippen molar-refractivity contribution in [2.24, 2.45) is 0 Å². The molecule has 2 atom stereocenters. The first-order valence-corrected chi connectivity index (χ1v) is 5.22. The number of benzene rings is 1. The van der Waals surface area contributed by atoms with Crippen LogP contribution in [0.4, 0.5) is 0 Å². The Bertz CT molecular complexity index is 292. The van der Waals surface area contributed by atoms with Gasteiger partial charge in [0, 0.05) is 11.8 Å². The van der Waals surface area contributed by atoms with Gasteiger partial charge >= 0.3 is 0 Å². The second kappa shape index (κ2) is 9.04. The van der Waals surface area contributed by atoms with Crippen LogP contribution >= 0.6 is 0 Å². The van der Waals surface area contributed by atoms with Crippen molar-refractivity contribution in [3.8, 4) is 0 Å². The zero-order chi connectivity index (χ0) is 9.26. The molecule has 0 fully saturated rings. The SMILES string of the molecule is C.C.C.C.C1=CC2CC1c1ccccc12.CC. The third-order valence-corrected chi connectivity index (χ3v) is 2.88. The molecule has 0 nitrogen and oxygen atoms in total. The predicted molar refractivity (Wildman–Crippen MR) is 84.0 cm³/mol. The third kappa shape index (κ3) is 3.46. The van der Waals surface area contributed by atoms with Crippen LogP contribution in [0, 0.1) is 0 Å². The fourth-order valence-electron chi connectivity index (χ4n) is 2.35. The Hall–Kier alpha value is -1.04. The molecule has 2 bridgehead atoms. The van der Waals surface area contributed by atoms with Crippen LogP contribution in [-0.2, 0) is 0 Å². The van der Waals surface area contributed by atoms with E-state index in [1.807, 2.05) is 13.8 Å². The van der Waals surface area contributed by atoms with Gasteiger partial charge in [-0.2, -0.15) is 0 Å². The molecule has 0 aromatic heterocycles. The molecule has 0 saturated carbocycles. The molecule has 0 spiro atoms. The van der Waals surface area contributed by atoms with Gasteiger partial charge in [0.05, 0.1) is 0 Å². The minimum Gasteiger partial charge on any atom is -0.0804 e. The predicted octanol–water partition coefficient (Wildman–Crippen LogP) is 6.40. The Balaban J connectivity index is -0.000000313. The molecule has 17 heavy (non-hydrogen) atoms.